The third-order valence-electron chi connectivity index (χ3n) is 3.13. The monoisotopic (exact) mass is 200 g/mol. The molecule has 4 atom stereocenters. The minimum absolute atomic E-state index is 0.306. The van der Waals surface area contributed by atoms with Crippen molar-refractivity contribution in [1.29, 1.82) is 0 Å². The van der Waals surface area contributed by atoms with Crippen LogP contribution in [-0.4, -0.2) is 29.1 Å². The number of aliphatic hydroxyl groups excluding tert-OH is 1. The molecule has 1 aliphatic heterocycles. The molecule has 2 unspecified atom stereocenters. The molecule has 4 nitrogen and oxygen atoms in total. The summed E-state index contributed by atoms with van der Waals surface area (Å²) in [5.41, 5.74) is -0.856. The van der Waals surface area contributed by atoms with Crippen molar-refractivity contribution in [2.24, 2.45) is 5.92 Å². The largest absolute Gasteiger partial charge is 0.455 e. The number of hydrogen-bond acceptors (Lipinski definition) is 4. The molecule has 0 aromatic carbocycles. The number of esters is 1. The third-order valence-corrected chi connectivity index (χ3v) is 3.13. The van der Waals surface area contributed by atoms with Crippen LogP contribution in [0.1, 0.15) is 33.1 Å². The molecule has 14 heavy (non-hydrogen) atoms. The smallest absolute Gasteiger partial charge is 0.338 e. The van der Waals surface area contributed by atoms with Gasteiger partial charge in [-0.1, -0.05) is 6.92 Å². The normalized spacial score (nSPS) is 48.2. The SMILES string of the molecule is CC1CC[C@@]2(C1)OC(O)[C@H](C)OC2=O. The second-order valence-corrected chi connectivity index (χ2v) is 4.46. The van der Waals surface area contributed by atoms with Crippen LogP contribution in [0, 0.1) is 5.92 Å². The van der Waals surface area contributed by atoms with Crippen LogP contribution < -0.4 is 0 Å². The second-order valence-electron chi connectivity index (χ2n) is 4.46. The van der Waals surface area contributed by atoms with E-state index in [4.69, 9.17) is 9.47 Å². The van der Waals surface area contributed by atoms with Gasteiger partial charge in [-0.2, -0.15) is 0 Å². The van der Waals surface area contributed by atoms with Gasteiger partial charge in [0.15, 0.2) is 11.9 Å². The molecule has 2 aliphatic rings. The molecule has 1 saturated heterocycles. The second kappa shape index (κ2) is 3.21. The maximum absolute atomic E-state index is 11.7. The first-order valence-electron chi connectivity index (χ1n) is 5.10. The van der Waals surface area contributed by atoms with Crippen molar-refractivity contribution in [1.82, 2.24) is 0 Å². The summed E-state index contributed by atoms with van der Waals surface area (Å²) in [7, 11) is 0. The molecule has 1 spiro atoms. The van der Waals surface area contributed by atoms with Crippen molar-refractivity contribution in [2.45, 2.75) is 51.1 Å². The molecule has 1 heterocycles. The number of hydrogen-bond donors (Lipinski definition) is 1. The average Bonchev–Trinajstić information content (AvgIpc) is 2.46. The molecule has 1 N–H and O–H groups in total. The maximum atomic E-state index is 11.7. The predicted molar refractivity (Wildman–Crippen MR) is 48.4 cm³/mol. The van der Waals surface area contributed by atoms with Gasteiger partial charge in [0, 0.05) is 0 Å². The summed E-state index contributed by atoms with van der Waals surface area (Å²) in [4.78, 5) is 11.7. The summed E-state index contributed by atoms with van der Waals surface area (Å²) in [5.74, 6) is 0.155. The molecule has 2 fully saturated rings. The Bertz CT molecular complexity index is 253. The van der Waals surface area contributed by atoms with E-state index in [9.17, 15) is 9.90 Å². The third kappa shape index (κ3) is 1.42. The highest BCUT2D eigenvalue weighted by Gasteiger charge is 2.52. The van der Waals surface area contributed by atoms with Crippen molar-refractivity contribution in [2.75, 3.05) is 0 Å². The molecule has 2 rings (SSSR count). The first-order valence-corrected chi connectivity index (χ1v) is 5.10. The molecule has 0 aromatic rings. The van der Waals surface area contributed by atoms with Gasteiger partial charge >= 0.3 is 5.97 Å². The van der Waals surface area contributed by atoms with Gasteiger partial charge in [-0.05, 0) is 32.1 Å². The highest BCUT2D eigenvalue weighted by molar-refractivity contribution is 5.80. The van der Waals surface area contributed by atoms with Crippen LogP contribution in [0.3, 0.4) is 0 Å². The van der Waals surface area contributed by atoms with Crippen LogP contribution in [0.4, 0.5) is 0 Å². The Kier molecular flexibility index (Phi) is 2.27. The molecule has 0 amide bonds. The fraction of sp³-hybridized carbons (Fsp3) is 0.900. The van der Waals surface area contributed by atoms with Crippen molar-refractivity contribution >= 4 is 5.97 Å². The van der Waals surface area contributed by atoms with Crippen LogP contribution >= 0.6 is 0 Å². The van der Waals surface area contributed by atoms with Gasteiger partial charge in [0.25, 0.3) is 0 Å². The van der Waals surface area contributed by atoms with Crippen LogP contribution in [0.2, 0.25) is 0 Å². The molecule has 1 aliphatic carbocycles. The summed E-state index contributed by atoms with van der Waals surface area (Å²) in [6.45, 7) is 3.71. The van der Waals surface area contributed by atoms with E-state index in [0.29, 0.717) is 18.8 Å². The summed E-state index contributed by atoms with van der Waals surface area (Å²) < 4.78 is 10.5. The zero-order valence-corrected chi connectivity index (χ0v) is 8.53. The minimum atomic E-state index is -0.974. The van der Waals surface area contributed by atoms with Crippen LogP contribution in [0.25, 0.3) is 0 Å². The zero-order chi connectivity index (χ0) is 10.3. The lowest BCUT2D eigenvalue weighted by molar-refractivity contribution is -0.271. The molecule has 0 radical (unpaired) electrons. The van der Waals surface area contributed by atoms with E-state index in [0.717, 1.165) is 6.42 Å². The van der Waals surface area contributed by atoms with Gasteiger partial charge in [-0.15, -0.1) is 0 Å². The summed E-state index contributed by atoms with van der Waals surface area (Å²) in [5, 5.41) is 9.51. The minimum Gasteiger partial charge on any atom is -0.455 e. The Morgan fingerprint density at radius 1 is 1.50 bits per heavy atom. The molecule has 4 heteroatoms. The van der Waals surface area contributed by atoms with E-state index in [1.807, 2.05) is 0 Å². The number of ether oxygens (including phenoxy) is 2. The molecular formula is C10H16O4. The fourth-order valence-corrected chi connectivity index (χ4v) is 2.25. The topological polar surface area (TPSA) is 55.8 Å². The van der Waals surface area contributed by atoms with Gasteiger partial charge in [-0.3, -0.25) is 0 Å². The van der Waals surface area contributed by atoms with Gasteiger partial charge in [0.2, 0.25) is 0 Å². The number of aliphatic hydroxyl groups is 1. The van der Waals surface area contributed by atoms with E-state index in [-0.39, 0.29) is 5.97 Å². The standard InChI is InChI=1S/C10H16O4/c1-6-3-4-10(5-6)9(12)13-7(2)8(11)14-10/h6-8,11H,3-5H2,1-2H3/t6?,7-,8?,10-/m0/s1. The molecule has 0 bridgehead atoms. The summed E-state index contributed by atoms with van der Waals surface area (Å²) in [6, 6.07) is 0. The predicted octanol–water partition coefficient (Wildman–Crippen LogP) is 0.825. The molecule has 80 valence electrons. The van der Waals surface area contributed by atoms with Crippen molar-refractivity contribution < 1.29 is 19.4 Å². The van der Waals surface area contributed by atoms with Gasteiger partial charge in [-0.25, -0.2) is 4.79 Å². The summed E-state index contributed by atoms with van der Waals surface area (Å²) >= 11 is 0. The Balaban J connectivity index is 2.15. The van der Waals surface area contributed by atoms with E-state index >= 15 is 0 Å². The Morgan fingerprint density at radius 2 is 2.21 bits per heavy atom. The quantitative estimate of drug-likeness (QED) is 0.588. The first kappa shape index (κ1) is 9.93. The Morgan fingerprint density at radius 3 is 2.79 bits per heavy atom. The van der Waals surface area contributed by atoms with E-state index < -0.39 is 18.0 Å². The highest BCUT2D eigenvalue weighted by Crippen LogP contribution is 2.41. The number of rotatable bonds is 0. The lowest BCUT2D eigenvalue weighted by Gasteiger charge is -2.37. The maximum Gasteiger partial charge on any atom is 0.338 e. The fourth-order valence-electron chi connectivity index (χ4n) is 2.25. The van der Waals surface area contributed by atoms with Crippen molar-refractivity contribution in [3.8, 4) is 0 Å². The number of carbonyl (C=O) groups excluding carboxylic acids is 1. The first-order chi connectivity index (χ1) is 6.53. The average molecular weight is 200 g/mol. The number of cyclic esters (lactones) is 1. The van der Waals surface area contributed by atoms with E-state index in [1.165, 1.54) is 0 Å². The number of carbonyl (C=O) groups is 1. The van der Waals surface area contributed by atoms with Crippen molar-refractivity contribution in [3.63, 3.8) is 0 Å². The molecule has 1 saturated carbocycles. The Hall–Kier alpha value is -0.610. The van der Waals surface area contributed by atoms with Gasteiger partial charge in [0.05, 0.1) is 0 Å². The molecule has 0 aromatic heterocycles. The van der Waals surface area contributed by atoms with Gasteiger partial charge < -0.3 is 14.6 Å². The highest BCUT2D eigenvalue weighted by atomic mass is 16.7. The van der Waals surface area contributed by atoms with Crippen LogP contribution in [0.15, 0.2) is 0 Å². The van der Waals surface area contributed by atoms with Gasteiger partial charge in [0.1, 0.15) is 6.10 Å². The van der Waals surface area contributed by atoms with Crippen molar-refractivity contribution in [3.05, 3.63) is 0 Å². The molecular weight excluding hydrogens is 184 g/mol. The van der Waals surface area contributed by atoms with Crippen LogP contribution in [0.5, 0.6) is 0 Å². The van der Waals surface area contributed by atoms with Crippen LogP contribution in [-0.2, 0) is 14.3 Å². The zero-order valence-electron chi connectivity index (χ0n) is 8.53. The lowest BCUT2D eigenvalue weighted by Crippen LogP contribution is -2.53. The summed E-state index contributed by atoms with van der Waals surface area (Å²) in [6.07, 6.45) is 0.754. The van der Waals surface area contributed by atoms with E-state index in [2.05, 4.69) is 6.92 Å². The Labute approximate surface area is 83.2 Å². The lowest BCUT2D eigenvalue weighted by atomic mass is 9.99. The van der Waals surface area contributed by atoms with E-state index in [1.54, 1.807) is 6.92 Å².